The second-order valence-electron chi connectivity index (χ2n) is 11.9. The van der Waals surface area contributed by atoms with Crippen LogP contribution in [0.4, 0.5) is 11.4 Å². The van der Waals surface area contributed by atoms with Crippen molar-refractivity contribution in [2.45, 2.75) is 44.9 Å². The number of allylic oxidation sites excluding steroid dienone is 1. The zero-order valence-electron chi connectivity index (χ0n) is 25.7. The van der Waals surface area contributed by atoms with Crippen LogP contribution in [-0.4, -0.2) is 53.1 Å². The second kappa shape index (κ2) is 13.4. The van der Waals surface area contributed by atoms with E-state index in [-0.39, 0.29) is 22.9 Å². The number of nitrogens with one attached hydrogen (secondary N) is 2. The lowest BCUT2D eigenvalue weighted by molar-refractivity contribution is -0.114. The molecule has 2 aliphatic heterocycles. The highest BCUT2D eigenvalue weighted by Crippen LogP contribution is 2.31. The van der Waals surface area contributed by atoms with Crippen molar-refractivity contribution >= 4 is 45.7 Å². The van der Waals surface area contributed by atoms with Crippen molar-refractivity contribution in [1.82, 2.24) is 5.06 Å². The molecule has 0 saturated carbocycles. The number of hydroxylamine groups is 2. The Morgan fingerprint density at radius 1 is 1.02 bits per heavy atom. The molecule has 2 atom stereocenters. The van der Waals surface area contributed by atoms with Gasteiger partial charge in [-0.05, 0) is 72.0 Å². The van der Waals surface area contributed by atoms with Gasteiger partial charge in [0, 0.05) is 41.5 Å². The SMILES string of the molecule is Cc1c(NC(=O)c2ccc(C(C)(C)C)cc2)cccc1C1=CC(C)C(=O)C(Nc2ccc(S(=O)ON3CCOCC3)cc2)=N1. The predicted molar refractivity (Wildman–Crippen MR) is 174 cm³/mol. The van der Waals surface area contributed by atoms with Gasteiger partial charge in [0.2, 0.25) is 16.9 Å². The fourth-order valence-electron chi connectivity index (χ4n) is 4.89. The van der Waals surface area contributed by atoms with Gasteiger partial charge in [0.15, 0.2) is 5.84 Å². The van der Waals surface area contributed by atoms with Crippen LogP contribution in [0.5, 0.6) is 0 Å². The Bertz CT molecular complexity index is 1620. The number of ketones is 1. The number of carbonyl (C=O) groups is 2. The summed E-state index contributed by atoms with van der Waals surface area (Å²) < 4.78 is 23.5. The van der Waals surface area contributed by atoms with E-state index in [1.165, 1.54) is 0 Å². The third kappa shape index (κ3) is 7.39. The third-order valence-electron chi connectivity index (χ3n) is 7.61. The number of amidine groups is 1. The molecule has 5 rings (SSSR count). The summed E-state index contributed by atoms with van der Waals surface area (Å²) in [5.41, 5.74) is 5.34. The van der Waals surface area contributed by atoms with E-state index >= 15 is 0 Å². The fraction of sp³-hybridized carbons (Fsp3) is 0.324. The van der Waals surface area contributed by atoms with Gasteiger partial charge in [0.1, 0.15) is 0 Å². The molecule has 0 spiro atoms. The van der Waals surface area contributed by atoms with Crippen molar-refractivity contribution in [3.05, 3.63) is 95.1 Å². The average molecular weight is 615 g/mol. The molecule has 3 aromatic carbocycles. The van der Waals surface area contributed by atoms with Gasteiger partial charge in [-0.25, -0.2) is 9.20 Å². The molecule has 2 aliphatic rings. The van der Waals surface area contributed by atoms with E-state index < -0.39 is 17.0 Å². The molecule has 44 heavy (non-hydrogen) atoms. The minimum Gasteiger partial charge on any atom is -0.379 e. The van der Waals surface area contributed by atoms with Crippen LogP contribution in [0.1, 0.15) is 54.7 Å². The van der Waals surface area contributed by atoms with Gasteiger partial charge in [-0.15, -0.1) is 0 Å². The number of nitrogens with zero attached hydrogens (tertiary/aromatic N) is 2. The molecule has 2 unspecified atom stereocenters. The molecular weight excluding hydrogens is 576 g/mol. The van der Waals surface area contributed by atoms with Gasteiger partial charge in [-0.3, -0.25) is 9.59 Å². The summed E-state index contributed by atoms with van der Waals surface area (Å²) in [6.07, 6.45) is 1.84. The number of hydrogen-bond donors (Lipinski definition) is 2. The van der Waals surface area contributed by atoms with E-state index in [2.05, 4.69) is 36.4 Å². The molecule has 1 saturated heterocycles. The predicted octanol–water partition coefficient (Wildman–Crippen LogP) is 5.90. The summed E-state index contributed by atoms with van der Waals surface area (Å²) in [5, 5.41) is 7.81. The van der Waals surface area contributed by atoms with Gasteiger partial charge >= 0.3 is 0 Å². The molecule has 1 amide bonds. The van der Waals surface area contributed by atoms with Crippen molar-refractivity contribution in [1.29, 1.82) is 0 Å². The summed E-state index contributed by atoms with van der Waals surface area (Å²) >= 11 is -1.66. The van der Waals surface area contributed by atoms with Crippen LogP contribution in [0.25, 0.3) is 5.70 Å². The standard InChI is InChI=1S/C34H38N4O5S/c1-22-21-30(28-7-6-8-29(23(28)2)37-33(40)24-9-11-25(12-10-24)34(3,4)5)36-32(31(22)39)35-26-13-15-27(16-14-26)44(41)43-38-17-19-42-20-18-38/h6-16,21-22H,17-20H2,1-5H3,(H,35,36)(H,37,40). The Labute approximate surface area is 261 Å². The van der Waals surface area contributed by atoms with Crippen LogP contribution in [0.3, 0.4) is 0 Å². The number of morpholine rings is 1. The Morgan fingerprint density at radius 2 is 1.70 bits per heavy atom. The molecule has 0 aromatic heterocycles. The first kappa shape index (κ1) is 31.5. The maximum Gasteiger partial charge on any atom is 0.255 e. The second-order valence-corrected chi connectivity index (χ2v) is 13.0. The number of rotatable bonds is 7. The largest absolute Gasteiger partial charge is 0.379 e. The highest BCUT2D eigenvalue weighted by atomic mass is 32.2. The number of Topliss-reactive ketones (excluding diaryl/α,β-unsaturated/α-hetero) is 1. The third-order valence-corrected chi connectivity index (χ3v) is 8.61. The minimum absolute atomic E-state index is 0.00220. The van der Waals surface area contributed by atoms with E-state index in [1.54, 1.807) is 29.3 Å². The minimum atomic E-state index is -1.66. The van der Waals surface area contributed by atoms with E-state index in [9.17, 15) is 13.8 Å². The number of anilines is 2. The van der Waals surface area contributed by atoms with Crippen molar-refractivity contribution in [3.8, 4) is 0 Å². The Balaban J connectivity index is 1.30. The molecule has 9 nitrogen and oxygen atoms in total. The molecule has 1 fully saturated rings. The van der Waals surface area contributed by atoms with Gasteiger partial charge in [-0.2, -0.15) is 9.35 Å². The first-order chi connectivity index (χ1) is 21.0. The van der Waals surface area contributed by atoms with Gasteiger partial charge in [0.25, 0.3) is 5.91 Å². The molecule has 3 aromatic rings. The smallest absolute Gasteiger partial charge is 0.255 e. The van der Waals surface area contributed by atoms with Crippen molar-refractivity contribution < 1.29 is 22.8 Å². The number of aliphatic imine (C=N–C) groups is 1. The lowest BCUT2D eigenvalue weighted by Crippen LogP contribution is -2.36. The number of ether oxygens (including phenoxy) is 1. The number of benzene rings is 3. The highest BCUT2D eigenvalue weighted by molar-refractivity contribution is 7.80. The lowest BCUT2D eigenvalue weighted by atomic mass is 9.86. The summed E-state index contributed by atoms with van der Waals surface area (Å²) in [6, 6.07) is 20.2. The van der Waals surface area contributed by atoms with Crippen molar-refractivity contribution in [3.63, 3.8) is 0 Å². The topological polar surface area (TPSA) is 109 Å². The highest BCUT2D eigenvalue weighted by Gasteiger charge is 2.25. The first-order valence-corrected chi connectivity index (χ1v) is 15.7. The van der Waals surface area contributed by atoms with E-state index in [0.717, 1.165) is 16.7 Å². The van der Waals surface area contributed by atoms with Crippen LogP contribution in [0.15, 0.2) is 82.7 Å². The monoisotopic (exact) mass is 614 g/mol. The average Bonchev–Trinajstić information content (AvgIpc) is 3.01. The molecule has 0 bridgehead atoms. The summed E-state index contributed by atoms with van der Waals surface area (Å²) in [6.45, 7) is 12.4. The molecule has 230 valence electrons. The van der Waals surface area contributed by atoms with Crippen molar-refractivity contribution in [2.24, 2.45) is 10.9 Å². The summed E-state index contributed by atoms with van der Waals surface area (Å²) in [4.78, 5) is 31.3. The van der Waals surface area contributed by atoms with Gasteiger partial charge in [0.05, 0.1) is 23.8 Å². The first-order valence-electron chi connectivity index (χ1n) is 14.7. The Kier molecular flexibility index (Phi) is 9.55. The molecular formula is C34H38N4O5S. The summed E-state index contributed by atoms with van der Waals surface area (Å²) in [5.74, 6) is -0.533. The number of carbonyl (C=O) groups excluding carboxylic acids is 2. The maximum absolute atomic E-state index is 13.1. The van der Waals surface area contributed by atoms with Crippen molar-refractivity contribution in [2.75, 3.05) is 36.9 Å². The Hall–Kier alpha value is -3.96. The molecule has 10 heteroatoms. The van der Waals surface area contributed by atoms with Crippen LogP contribution < -0.4 is 10.6 Å². The van der Waals surface area contributed by atoms with Gasteiger partial charge in [-0.1, -0.05) is 52.0 Å². The van der Waals surface area contributed by atoms with Crippen LogP contribution in [-0.2, 0) is 30.3 Å². The molecule has 0 radical (unpaired) electrons. The summed E-state index contributed by atoms with van der Waals surface area (Å²) in [7, 11) is 0. The quantitative estimate of drug-likeness (QED) is 0.341. The van der Waals surface area contributed by atoms with E-state index in [0.29, 0.717) is 53.8 Å². The number of amides is 1. The van der Waals surface area contributed by atoms with E-state index in [1.807, 2.05) is 62.4 Å². The Morgan fingerprint density at radius 3 is 2.36 bits per heavy atom. The lowest BCUT2D eigenvalue weighted by Gasteiger charge is -2.24. The molecule has 2 heterocycles. The zero-order chi connectivity index (χ0) is 31.4. The molecule has 0 aliphatic carbocycles. The maximum atomic E-state index is 13.1. The van der Waals surface area contributed by atoms with Crippen LogP contribution >= 0.6 is 0 Å². The molecule has 2 N–H and O–H groups in total. The fourth-order valence-corrected chi connectivity index (χ4v) is 5.68. The normalized spacial score (nSPS) is 18.3. The van der Waals surface area contributed by atoms with Crippen LogP contribution in [0, 0.1) is 12.8 Å². The zero-order valence-corrected chi connectivity index (χ0v) is 26.5. The van der Waals surface area contributed by atoms with E-state index in [4.69, 9.17) is 9.02 Å². The number of hydrogen-bond acceptors (Lipinski definition) is 8. The van der Waals surface area contributed by atoms with Gasteiger partial charge < -0.3 is 15.4 Å². The van der Waals surface area contributed by atoms with Crippen LogP contribution in [0.2, 0.25) is 0 Å².